The van der Waals surface area contributed by atoms with Crippen LogP contribution in [0.3, 0.4) is 0 Å². The van der Waals surface area contributed by atoms with E-state index in [-0.39, 0.29) is 18.5 Å². The number of nitrogen functional groups attached to an aromatic ring is 1. The van der Waals surface area contributed by atoms with Gasteiger partial charge in [-0.05, 0) is 29.9 Å². The van der Waals surface area contributed by atoms with E-state index in [0.29, 0.717) is 30.3 Å². The van der Waals surface area contributed by atoms with Crippen molar-refractivity contribution < 1.29 is 9.90 Å². The van der Waals surface area contributed by atoms with Gasteiger partial charge in [0.1, 0.15) is 0 Å². The largest absolute Gasteiger partial charge is 0.392 e. The lowest BCUT2D eigenvalue weighted by atomic mass is 9.97. The molecule has 1 atom stereocenters. The minimum Gasteiger partial charge on any atom is -0.392 e. The summed E-state index contributed by atoms with van der Waals surface area (Å²) in [5, 5.41) is 9.33. The Kier molecular flexibility index (Phi) is 5.53. The maximum Gasteiger partial charge on any atom is 0.257 e. The van der Waals surface area contributed by atoms with Crippen LogP contribution >= 0.6 is 0 Å². The number of aliphatic hydroxyl groups is 1. The lowest BCUT2D eigenvalue weighted by molar-refractivity contribution is 0.0787. The van der Waals surface area contributed by atoms with Crippen LogP contribution in [-0.4, -0.2) is 39.0 Å². The molecule has 3 aromatic rings. The number of likely N-dealkylation sites (tertiary alicyclic amines) is 1. The molecule has 0 saturated carbocycles. The molecule has 1 aromatic heterocycles. The van der Waals surface area contributed by atoms with Gasteiger partial charge < -0.3 is 15.7 Å². The third-order valence-electron chi connectivity index (χ3n) is 5.36. The van der Waals surface area contributed by atoms with Crippen LogP contribution in [0.4, 0.5) is 5.95 Å². The summed E-state index contributed by atoms with van der Waals surface area (Å²) in [7, 11) is 0. The van der Waals surface area contributed by atoms with Crippen LogP contribution in [0.5, 0.6) is 0 Å². The van der Waals surface area contributed by atoms with E-state index >= 15 is 0 Å². The van der Waals surface area contributed by atoms with Gasteiger partial charge in [-0.25, -0.2) is 9.97 Å². The molecule has 1 amide bonds. The van der Waals surface area contributed by atoms with Gasteiger partial charge in [-0.1, -0.05) is 54.6 Å². The third kappa shape index (κ3) is 4.27. The van der Waals surface area contributed by atoms with E-state index in [9.17, 15) is 9.90 Å². The van der Waals surface area contributed by atoms with Crippen LogP contribution in [0.1, 0.15) is 27.9 Å². The summed E-state index contributed by atoms with van der Waals surface area (Å²) < 4.78 is 0. The van der Waals surface area contributed by atoms with Gasteiger partial charge in [-0.2, -0.15) is 0 Å². The van der Waals surface area contributed by atoms with Crippen molar-refractivity contribution in [1.29, 1.82) is 0 Å². The number of carbonyl (C=O) groups excluding carboxylic acids is 1. The van der Waals surface area contributed by atoms with Gasteiger partial charge in [0.15, 0.2) is 0 Å². The van der Waals surface area contributed by atoms with Crippen molar-refractivity contribution in [3.63, 3.8) is 0 Å². The van der Waals surface area contributed by atoms with E-state index < -0.39 is 0 Å². The van der Waals surface area contributed by atoms with Crippen LogP contribution in [-0.2, 0) is 13.0 Å². The van der Waals surface area contributed by atoms with Crippen molar-refractivity contribution in [3.05, 3.63) is 77.5 Å². The van der Waals surface area contributed by atoms with Gasteiger partial charge in [0, 0.05) is 24.8 Å². The second-order valence-electron chi connectivity index (χ2n) is 7.44. The number of anilines is 1. The molecule has 1 aliphatic rings. The minimum atomic E-state index is -0.0598. The van der Waals surface area contributed by atoms with Crippen molar-refractivity contribution >= 4 is 11.9 Å². The first-order chi connectivity index (χ1) is 14.1. The summed E-state index contributed by atoms with van der Waals surface area (Å²) >= 11 is 0. The van der Waals surface area contributed by atoms with Gasteiger partial charge in [0.05, 0.1) is 17.9 Å². The van der Waals surface area contributed by atoms with Gasteiger partial charge >= 0.3 is 0 Å². The number of hydrogen-bond donors (Lipinski definition) is 2. The Morgan fingerprint density at radius 2 is 1.93 bits per heavy atom. The molecule has 1 unspecified atom stereocenters. The number of benzene rings is 2. The first kappa shape index (κ1) is 19.1. The molecular formula is C23H24N4O2. The number of carbonyl (C=O) groups is 1. The maximum absolute atomic E-state index is 13.2. The highest BCUT2D eigenvalue weighted by atomic mass is 16.3. The smallest absolute Gasteiger partial charge is 0.257 e. The molecule has 6 nitrogen and oxygen atoms in total. The molecule has 1 saturated heterocycles. The van der Waals surface area contributed by atoms with Crippen LogP contribution in [0, 0.1) is 5.92 Å². The lowest BCUT2D eigenvalue weighted by Gasteiger charge is -2.18. The van der Waals surface area contributed by atoms with E-state index in [1.807, 2.05) is 53.4 Å². The second-order valence-corrected chi connectivity index (χ2v) is 7.44. The fourth-order valence-corrected chi connectivity index (χ4v) is 3.91. The molecule has 2 heterocycles. The van der Waals surface area contributed by atoms with Crippen molar-refractivity contribution in [2.75, 3.05) is 18.8 Å². The van der Waals surface area contributed by atoms with Gasteiger partial charge in [0.25, 0.3) is 5.91 Å². The zero-order valence-electron chi connectivity index (χ0n) is 16.2. The van der Waals surface area contributed by atoms with E-state index in [1.165, 1.54) is 11.8 Å². The molecule has 6 heteroatoms. The summed E-state index contributed by atoms with van der Waals surface area (Å²) in [5.74, 6) is 0.488. The quantitative estimate of drug-likeness (QED) is 0.701. The molecule has 0 aliphatic carbocycles. The highest BCUT2D eigenvalue weighted by Crippen LogP contribution is 2.27. The monoisotopic (exact) mass is 388 g/mol. The zero-order valence-corrected chi connectivity index (χ0v) is 16.2. The molecule has 0 spiro atoms. The van der Waals surface area contributed by atoms with Gasteiger partial charge in [-0.15, -0.1) is 0 Å². The lowest BCUT2D eigenvalue weighted by Crippen LogP contribution is -2.30. The molecular weight excluding hydrogens is 364 g/mol. The zero-order chi connectivity index (χ0) is 20.2. The number of amides is 1. The van der Waals surface area contributed by atoms with Crippen LogP contribution in [0.25, 0.3) is 11.3 Å². The standard InChI is InChI=1S/C23H24N4O2/c24-23-25-13-20(21(26-23)19-7-2-1-3-8-19)22(29)27-10-9-17(14-27)11-16-5-4-6-18(12-16)15-28/h1-8,12-13,17,28H,9-11,14-15H2,(H2,24,25,26). The number of nitrogens with zero attached hydrogens (tertiary/aromatic N) is 3. The summed E-state index contributed by atoms with van der Waals surface area (Å²) in [6.45, 7) is 1.45. The summed E-state index contributed by atoms with van der Waals surface area (Å²) in [5.41, 5.74) is 9.79. The van der Waals surface area contributed by atoms with Crippen LogP contribution in [0.2, 0.25) is 0 Å². The Morgan fingerprint density at radius 1 is 1.14 bits per heavy atom. The predicted octanol–water partition coefficient (Wildman–Crippen LogP) is 2.92. The molecule has 1 fully saturated rings. The Balaban J connectivity index is 1.51. The molecule has 1 aliphatic heterocycles. The normalized spacial score (nSPS) is 16.2. The summed E-state index contributed by atoms with van der Waals surface area (Å²) in [4.78, 5) is 23.5. The second kappa shape index (κ2) is 8.41. The topological polar surface area (TPSA) is 92.3 Å². The highest BCUT2D eigenvalue weighted by Gasteiger charge is 2.29. The average Bonchev–Trinajstić information content (AvgIpc) is 3.22. The van der Waals surface area contributed by atoms with E-state index in [1.54, 1.807) is 0 Å². The van der Waals surface area contributed by atoms with E-state index in [4.69, 9.17) is 5.73 Å². The molecule has 0 radical (unpaired) electrons. The summed E-state index contributed by atoms with van der Waals surface area (Å²) in [6, 6.07) is 17.6. The molecule has 148 valence electrons. The molecule has 3 N–H and O–H groups in total. The van der Waals surface area contributed by atoms with Crippen molar-refractivity contribution in [3.8, 4) is 11.3 Å². The van der Waals surface area contributed by atoms with E-state index in [2.05, 4.69) is 16.0 Å². The third-order valence-corrected chi connectivity index (χ3v) is 5.36. The van der Waals surface area contributed by atoms with Crippen LogP contribution < -0.4 is 5.73 Å². The van der Waals surface area contributed by atoms with Crippen molar-refractivity contribution in [2.24, 2.45) is 5.92 Å². The van der Waals surface area contributed by atoms with Crippen molar-refractivity contribution in [2.45, 2.75) is 19.4 Å². The highest BCUT2D eigenvalue weighted by molar-refractivity contribution is 6.00. The number of nitrogens with two attached hydrogens (primary N) is 1. The maximum atomic E-state index is 13.2. The Morgan fingerprint density at radius 3 is 2.72 bits per heavy atom. The predicted molar refractivity (Wildman–Crippen MR) is 112 cm³/mol. The Hall–Kier alpha value is -3.25. The Bertz CT molecular complexity index is 1010. The van der Waals surface area contributed by atoms with Gasteiger partial charge in [0.2, 0.25) is 5.95 Å². The number of hydrogen-bond acceptors (Lipinski definition) is 5. The number of aromatic nitrogens is 2. The minimum absolute atomic E-state index is 0.0442. The molecule has 4 rings (SSSR count). The Labute approximate surface area is 170 Å². The molecule has 0 bridgehead atoms. The first-order valence-electron chi connectivity index (χ1n) is 9.80. The first-order valence-corrected chi connectivity index (χ1v) is 9.80. The van der Waals surface area contributed by atoms with Crippen LogP contribution in [0.15, 0.2) is 60.8 Å². The molecule has 29 heavy (non-hydrogen) atoms. The number of rotatable bonds is 5. The SMILES string of the molecule is Nc1ncc(C(=O)N2CCC(Cc3cccc(CO)c3)C2)c(-c2ccccc2)n1. The summed E-state index contributed by atoms with van der Waals surface area (Å²) in [6.07, 6.45) is 3.37. The fourth-order valence-electron chi connectivity index (χ4n) is 3.91. The fraction of sp³-hybridized carbons (Fsp3) is 0.261. The van der Waals surface area contributed by atoms with Crippen molar-refractivity contribution in [1.82, 2.24) is 14.9 Å². The average molecular weight is 388 g/mol. The number of aliphatic hydroxyl groups excluding tert-OH is 1. The van der Waals surface area contributed by atoms with Gasteiger partial charge in [-0.3, -0.25) is 4.79 Å². The van der Waals surface area contributed by atoms with E-state index in [0.717, 1.165) is 24.0 Å². The molecule has 2 aromatic carbocycles.